The fourth-order valence-electron chi connectivity index (χ4n) is 9.33. The van der Waals surface area contributed by atoms with E-state index in [1.165, 1.54) is 56.0 Å². The van der Waals surface area contributed by atoms with Crippen molar-refractivity contribution in [1.82, 2.24) is 20.2 Å². The Morgan fingerprint density at radius 1 is 0.959 bits per heavy atom. The van der Waals surface area contributed by atoms with Crippen molar-refractivity contribution in [2.75, 3.05) is 44.2 Å². The molecule has 0 spiro atoms. The zero-order valence-electron chi connectivity index (χ0n) is 27.5. The summed E-state index contributed by atoms with van der Waals surface area (Å²) in [4.78, 5) is 14.1. The van der Waals surface area contributed by atoms with Crippen molar-refractivity contribution < 1.29 is 23.0 Å². The van der Waals surface area contributed by atoms with Gasteiger partial charge in [0.05, 0.1) is 17.7 Å². The Kier molecular flexibility index (Phi) is 7.44. The van der Waals surface area contributed by atoms with Gasteiger partial charge in [0.1, 0.15) is 28.7 Å². The first-order valence-corrected chi connectivity index (χ1v) is 17.7. The minimum atomic E-state index is -0.943. The number of terminal acetylenes is 1. The van der Waals surface area contributed by atoms with E-state index in [9.17, 15) is 9.50 Å². The molecule has 4 unspecified atom stereocenters. The number of halogens is 3. The van der Waals surface area contributed by atoms with Crippen LogP contribution in [0.3, 0.4) is 0 Å². The van der Waals surface area contributed by atoms with E-state index in [1.807, 2.05) is 0 Å². The number of aromatic nitrogens is 2. The molecule has 9 rings (SSSR count). The molecule has 0 amide bonds. The van der Waals surface area contributed by atoms with Crippen molar-refractivity contribution in [3.05, 3.63) is 53.3 Å². The standard InChI is InChI=1S/C39H40F3N5O2/c1-2-28-31(40)9-6-24-13-27(48)14-29(33(24)28)34-32(41)15-30-36(35(34)42)44-38(45-37(30)47-18-25-7-8-26(19-47)43-25)49-21-39(10-11-39)20-46-16-22-4-3-5-23(12-22)17-46/h1,6,9,13-15,22-23,25-26,43,48H,3-5,7-8,10-12,16-21H2. The molecular formula is C39H40F3N5O2. The van der Waals surface area contributed by atoms with Crippen molar-refractivity contribution in [2.24, 2.45) is 17.3 Å². The number of likely N-dealkylation sites (tertiary alicyclic amines) is 1. The number of rotatable bonds is 7. The van der Waals surface area contributed by atoms with Gasteiger partial charge in [0.25, 0.3) is 0 Å². The largest absolute Gasteiger partial charge is 0.508 e. The van der Waals surface area contributed by atoms with Crippen LogP contribution in [-0.2, 0) is 0 Å². The molecule has 4 aromatic rings. The van der Waals surface area contributed by atoms with E-state index in [-0.39, 0.29) is 56.7 Å². The van der Waals surface area contributed by atoms with Crippen molar-refractivity contribution in [2.45, 2.75) is 63.5 Å². The predicted octanol–water partition coefficient (Wildman–Crippen LogP) is 6.78. The minimum absolute atomic E-state index is 0.0148. The number of nitrogens with one attached hydrogen (secondary N) is 1. The van der Waals surface area contributed by atoms with Crippen LogP contribution in [0.5, 0.6) is 11.8 Å². The maximum Gasteiger partial charge on any atom is 0.319 e. The lowest BCUT2D eigenvalue weighted by atomic mass is 9.77. The second kappa shape index (κ2) is 11.8. The Balaban J connectivity index is 1.12. The average Bonchev–Trinajstić information content (AvgIpc) is 3.76. The molecule has 2 aliphatic carbocycles. The smallest absolute Gasteiger partial charge is 0.319 e. The van der Waals surface area contributed by atoms with Gasteiger partial charge < -0.3 is 25.0 Å². The van der Waals surface area contributed by atoms with E-state index < -0.39 is 23.0 Å². The maximum absolute atomic E-state index is 17.0. The number of nitrogens with zero attached hydrogens (tertiary/aromatic N) is 4. The van der Waals surface area contributed by atoms with Crippen LogP contribution in [0.1, 0.15) is 56.9 Å². The molecule has 5 aliphatic rings. The van der Waals surface area contributed by atoms with E-state index in [1.54, 1.807) is 0 Å². The molecular weight excluding hydrogens is 627 g/mol. The Hall–Kier alpha value is -4.07. The molecule has 2 saturated carbocycles. The molecule has 2 N–H and O–H groups in total. The van der Waals surface area contributed by atoms with E-state index in [4.69, 9.17) is 16.1 Å². The summed E-state index contributed by atoms with van der Waals surface area (Å²) in [6.07, 6.45) is 15.2. The molecule has 10 heteroatoms. The van der Waals surface area contributed by atoms with Gasteiger partial charge in [0, 0.05) is 66.6 Å². The van der Waals surface area contributed by atoms with E-state index >= 15 is 8.78 Å². The first-order chi connectivity index (χ1) is 23.8. The Labute approximate surface area is 283 Å². The number of anilines is 1. The molecule has 1 aromatic heterocycles. The number of hydrogen-bond donors (Lipinski definition) is 2. The average molecular weight is 668 g/mol. The number of aromatic hydroxyl groups is 1. The van der Waals surface area contributed by atoms with Crippen molar-refractivity contribution >= 4 is 27.5 Å². The van der Waals surface area contributed by atoms with Gasteiger partial charge in [-0.15, -0.1) is 6.42 Å². The van der Waals surface area contributed by atoms with Crippen LogP contribution in [0, 0.1) is 47.0 Å². The second-order valence-electron chi connectivity index (χ2n) is 15.4. The normalized spacial score (nSPS) is 25.9. The summed E-state index contributed by atoms with van der Waals surface area (Å²) >= 11 is 0. The molecule has 3 aromatic carbocycles. The molecule has 4 heterocycles. The molecule has 4 atom stereocenters. The van der Waals surface area contributed by atoms with Crippen LogP contribution >= 0.6 is 0 Å². The third-order valence-electron chi connectivity index (χ3n) is 11.8. The first-order valence-electron chi connectivity index (χ1n) is 17.7. The summed E-state index contributed by atoms with van der Waals surface area (Å²) < 4.78 is 54.6. The number of piperazine rings is 1. The fourth-order valence-corrected chi connectivity index (χ4v) is 9.33. The van der Waals surface area contributed by atoms with Gasteiger partial charge in [-0.25, -0.2) is 13.2 Å². The van der Waals surface area contributed by atoms with Gasteiger partial charge in [-0.1, -0.05) is 18.4 Å². The SMILES string of the molecule is C#Cc1c(F)ccc2cc(O)cc(-c3c(F)cc4c(N5CC6CCC(C5)N6)nc(OCC5(CN6CC7CCCC(C7)C6)CC5)nc4c3F)c12. The lowest BCUT2D eigenvalue weighted by Crippen LogP contribution is -2.51. The van der Waals surface area contributed by atoms with Crippen LogP contribution in [0.25, 0.3) is 32.8 Å². The zero-order valence-corrected chi connectivity index (χ0v) is 27.5. The van der Waals surface area contributed by atoms with Gasteiger partial charge in [0.15, 0.2) is 5.82 Å². The van der Waals surface area contributed by atoms with Gasteiger partial charge in [-0.05, 0) is 86.4 Å². The Morgan fingerprint density at radius 3 is 2.43 bits per heavy atom. The van der Waals surface area contributed by atoms with Crippen molar-refractivity contribution in [3.63, 3.8) is 0 Å². The number of ether oxygens (including phenoxy) is 1. The molecule has 49 heavy (non-hydrogen) atoms. The van der Waals surface area contributed by atoms with Crippen LogP contribution in [-0.4, -0.2) is 71.4 Å². The fraction of sp³-hybridized carbons (Fsp3) is 0.487. The number of benzene rings is 3. The number of hydrogen-bond acceptors (Lipinski definition) is 7. The Bertz CT molecular complexity index is 2000. The molecule has 254 valence electrons. The van der Waals surface area contributed by atoms with Gasteiger partial charge in [-0.3, -0.25) is 0 Å². The van der Waals surface area contributed by atoms with Gasteiger partial charge in [-0.2, -0.15) is 9.97 Å². The molecule has 4 bridgehead atoms. The molecule has 0 radical (unpaired) electrons. The highest BCUT2D eigenvalue weighted by Crippen LogP contribution is 2.48. The number of piperidine rings is 1. The molecule has 3 saturated heterocycles. The topological polar surface area (TPSA) is 73.8 Å². The molecule has 5 fully saturated rings. The predicted molar refractivity (Wildman–Crippen MR) is 183 cm³/mol. The summed E-state index contributed by atoms with van der Waals surface area (Å²) in [5, 5.41) is 14.9. The van der Waals surface area contributed by atoms with E-state index in [0.717, 1.165) is 57.2 Å². The number of phenols is 1. The quantitative estimate of drug-likeness (QED) is 0.211. The molecule has 3 aliphatic heterocycles. The highest BCUT2D eigenvalue weighted by atomic mass is 19.1. The number of phenolic OH excluding ortho intramolecular Hbond substituents is 1. The Morgan fingerprint density at radius 2 is 1.71 bits per heavy atom. The highest BCUT2D eigenvalue weighted by molar-refractivity contribution is 6.04. The van der Waals surface area contributed by atoms with E-state index in [0.29, 0.717) is 30.9 Å². The number of fused-ring (bicyclic) bond motifs is 6. The third kappa shape index (κ3) is 5.55. The van der Waals surface area contributed by atoms with Gasteiger partial charge in [0.2, 0.25) is 0 Å². The van der Waals surface area contributed by atoms with Crippen molar-refractivity contribution in [1.29, 1.82) is 0 Å². The third-order valence-corrected chi connectivity index (χ3v) is 11.8. The van der Waals surface area contributed by atoms with Crippen LogP contribution in [0.15, 0.2) is 30.3 Å². The lowest BCUT2D eigenvalue weighted by molar-refractivity contribution is 0.0588. The second-order valence-corrected chi connectivity index (χ2v) is 15.4. The summed E-state index contributed by atoms with van der Waals surface area (Å²) in [7, 11) is 0. The highest BCUT2D eigenvalue weighted by Gasteiger charge is 2.46. The summed E-state index contributed by atoms with van der Waals surface area (Å²) in [6.45, 7) is 4.99. The lowest BCUT2D eigenvalue weighted by Gasteiger charge is -2.42. The minimum Gasteiger partial charge on any atom is -0.508 e. The zero-order chi connectivity index (χ0) is 33.4. The van der Waals surface area contributed by atoms with Crippen LogP contribution in [0.4, 0.5) is 19.0 Å². The first kappa shape index (κ1) is 30.9. The van der Waals surface area contributed by atoms with Crippen molar-refractivity contribution in [3.8, 4) is 35.2 Å². The molecule has 7 nitrogen and oxygen atoms in total. The summed E-state index contributed by atoms with van der Waals surface area (Å²) in [6, 6.07) is 7.05. The van der Waals surface area contributed by atoms with Crippen LogP contribution in [0.2, 0.25) is 0 Å². The summed E-state index contributed by atoms with van der Waals surface area (Å²) in [5.74, 6) is 1.60. The van der Waals surface area contributed by atoms with Gasteiger partial charge >= 0.3 is 6.01 Å². The summed E-state index contributed by atoms with van der Waals surface area (Å²) in [5.41, 5.74) is -0.708. The van der Waals surface area contributed by atoms with Crippen LogP contribution < -0.4 is 15.0 Å². The monoisotopic (exact) mass is 667 g/mol. The van der Waals surface area contributed by atoms with E-state index in [2.05, 4.69) is 26.0 Å². The maximum atomic E-state index is 17.0.